The molecule has 4 rings (SSSR count). The van der Waals surface area contributed by atoms with Gasteiger partial charge in [0, 0.05) is 43.9 Å². The second-order valence-corrected chi connectivity index (χ2v) is 9.09. The third-order valence-corrected chi connectivity index (χ3v) is 6.60. The van der Waals surface area contributed by atoms with Crippen molar-refractivity contribution >= 4 is 47.4 Å². The first kappa shape index (κ1) is 21.6. The van der Waals surface area contributed by atoms with Crippen LogP contribution in [0.15, 0.2) is 30.3 Å². The molecule has 7 nitrogen and oxygen atoms in total. The van der Waals surface area contributed by atoms with Gasteiger partial charge in [0.2, 0.25) is 5.91 Å². The van der Waals surface area contributed by atoms with Crippen LogP contribution in [0.4, 0.5) is 5.69 Å². The molecule has 3 amide bonds. The number of nitrogens with one attached hydrogen (secondary N) is 2. The second kappa shape index (κ2) is 9.24. The summed E-state index contributed by atoms with van der Waals surface area (Å²) in [6.07, 6.45) is 1.18. The molecule has 2 radical (unpaired) electrons. The fourth-order valence-electron chi connectivity index (χ4n) is 4.06. The topological polar surface area (TPSA) is 81.8 Å². The van der Waals surface area contributed by atoms with E-state index in [9.17, 15) is 14.4 Å². The van der Waals surface area contributed by atoms with Crippen LogP contribution < -0.4 is 20.3 Å². The Balaban J connectivity index is 1.43. The van der Waals surface area contributed by atoms with Crippen molar-refractivity contribution in [3.63, 3.8) is 0 Å². The van der Waals surface area contributed by atoms with Crippen LogP contribution in [0.25, 0.3) is 0 Å². The van der Waals surface area contributed by atoms with Crippen LogP contribution in [-0.2, 0) is 4.79 Å². The van der Waals surface area contributed by atoms with Crippen molar-refractivity contribution in [1.82, 2.24) is 15.5 Å². The van der Waals surface area contributed by atoms with Gasteiger partial charge < -0.3 is 20.4 Å². The number of hydrogen-bond donors (Lipinski definition) is 2. The summed E-state index contributed by atoms with van der Waals surface area (Å²) in [5.74, 6) is -0.237. The van der Waals surface area contributed by atoms with Gasteiger partial charge in [0.1, 0.15) is 7.85 Å². The molecule has 0 saturated carbocycles. The number of carbonyl (C=O) groups is 3. The molecule has 2 aromatic rings. The highest BCUT2D eigenvalue weighted by molar-refractivity contribution is 7.21. The van der Waals surface area contributed by atoms with E-state index in [1.54, 1.807) is 23.1 Å². The van der Waals surface area contributed by atoms with Crippen LogP contribution in [0.2, 0.25) is 0 Å². The lowest BCUT2D eigenvalue weighted by Gasteiger charge is -2.22. The van der Waals surface area contributed by atoms with Gasteiger partial charge in [0.15, 0.2) is 0 Å². The van der Waals surface area contributed by atoms with Gasteiger partial charge in [-0.25, -0.2) is 0 Å². The zero-order chi connectivity index (χ0) is 22.0. The van der Waals surface area contributed by atoms with E-state index < -0.39 is 0 Å². The molecule has 3 heterocycles. The van der Waals surface area contributed by atoms with Crippen LogP contribution in [-0.4, -0.2) is 69.2 Å². The van der Waals surface area contributed by atoms with Gasteiger partial charge in [-0.3, -0.25) is 14.4 Å². The Morgan fingerprint density at radius 3 is 2.77 bits per heavy atom. The van der Waals surface area contributed by atoms with Crippen LogP contribution >= 0.6 is 11.3 Å². The van der Waals surface area contributed by atoms with Gasteiger partial charge >= 0.3 is 0 Å². The number of rotatable bonds is 4. The van der Waals surface area contributed by atoms with Gasteiger partial charge in [0.25, 0.3) is 11.8 Å². The molecule has 1 aromatic heterocycles. The molecule has 2 saturated heterocycles. The molecule has 2 aliphatic rings. The van der Waals surface area contributed by atoms with Gasteiger partial charge in [0.05, 0.1) is 10.9 Å². The second-order valence-electron chi connectivity index (χ2n) is 7.98. The maximum absolute atomic E-state index is 12.9. The highest BCUT2D eigenvalue weighted by Gasteiger charge is 2.32. The molecule has 160 valence electrons. The first-order chi connectivity index (χ1) is 14.9. The van der Waals surface area contributed by atoms with E-state index >= 15 is 0 Å². The third kappa shape index (κ3) is 4.83. The number of aryl methyl sites for hydroxylation is 1. The summed E-state index contributed by atoms with van der Waals surface area (Å²) in [5.41, 5.74) is 2.25. The minimum Gasteiger partial charge on any atom is -0.346 e. The zero-order valence-corrected chi connectivity index (χ0v) is 18.3. The SMILES string of the molecule is [B]c1ccc(C(=O)NC2CC(=O)N(c3ccc(C(=O)N4CCCNCC4)c(C)c3)C2)s1. The lowest BCUT2D eigenvalue weighted by Crippen LogP contribution is -2.37. The van der Waals surface area contributed by atoms with E-state index in [-0.39, 0.29) is 30.2 Å². The quantitative estimate of drug-likeness (QED) is 0.696. The molecular formula is C22H25BN4O3S. The van der Waals surface area contributed by atoms with Crippen molar-refractivity contribution < 1.29 is 14.4 Å². The van der Waals surface area contributed by atoms with E-state index in [2.05, 4.69) is 10.6 Å². The summed E-state index contributed by atoms with van der Waals surface area (Å²) < 4.78 is 0.579. The Morgan fingerprint density at radius 2 is 2.03 bits per heavy atom. The Kier molecular flexibility index (Phi) is 6.43. The van der Waals surface area contributed by atoms with Gasteiger partial charge in [-0.2, -0.15) is 0 Å². The maximum atomic E-state index is 12.9. The average Bonchev–Trinajstić information content (AvgIpc) is 3.22. The maximum Gasteiger partial charge on any atom is 0.261 e. The fourth-order valence-corrected chi connectivity index (χ4v) is 4.74. The number of benzene rings is 1. The molecule has 9 heteroatoms. The first-order valence-electron chi connectivity index (χ1n) is 10.5. The zero-order valence-electron chi connectivity index (χ0n) is 17.5. The number of thiophene rings is 1. The van der Waals surface area contributed by atoms with E-state index in [4.69, 9.17) is 7.85 Å². The van der Waals surface area contributed by atoms with Crippen molar-refractivity contribution in [1.29, 1.82) is 0 Å². The monoisotopic (exact) mass is 436 g/mol. The minimum atomic E-state index is -0.269. The number of hydrogen-bond acceptors (Lipinski definition) is 5. The molecule has 1 atom stereocenters. The molecule has 0 aliphatic carbocycles. The minimum absolute atomic E-state index is 0.0286. The number of amides is 3. The average molecular weight is 436 g/mol. The van der Waals surface area contributed by atoms with Crippen molar-refractivity contribution in [3.05, 3.63) is 46.3 Å². The predicted molar refractivity (Wildman–Crippen MR) is 123 cm³/mol. The summed E-state index contributed by atoms with van der Waals surface area (Å²) >= 11 is 1.22. The summed E-state index contributed by atoms with van der Waals surface area (Å²) in [6, 6.07) is 8.61. The van der Waals surface area contributed by atoms with E-state index in [0.29, 0.717) is 28.3 Å². The lowest BCUT2D eigenvalue weighted by molar-refractivity contribution is -0.117. The molecule has 1 unspecified atom stereocenters. The van der Waals surface area contributed by atoms with Crippen LogP contribution in [0.1, 0.15) is 38.4 Å². The normalized spacial score (nSPS) is 19.4. The Morgan fingerprint density at radius 1 is 1.19 bits per heavy atom. The fraction of sp³-hybridized carbons (Fsp3) is 0.409. The highest BCUT2D eigenvalue weighted by atomic mass is 32.1. The number of carbonyl (C=O) groups excluding carboxylic acids is 3. The van der Waals surface area contributed by atoms with Crippen LogP contribution in [0.3, 0.4) is 0 Å². The number of nitrogens with zero attached hydrogens (tertiary/aromatic N) is 2. The van der Waals surface area contributed by atoms with Crippen molar-refractivity contribution in [2.24, 2.45) is 0 Å². The number of anilines is 1. The molecule has 31 heavy (non-hydrogen) atoms. The molecule has 2 fully saturated rings. The standard InChI is InChI=1S/C22H25BN4O3S/c1-14-11-16(3-4-17(14)22(30)26-9-2-7-24-8-10-26)27-13-15(12-20(27)28)25-21(29)18-5-6-19(23)31-18/h3-6,11,15,24H,2,7-10,12-13H2,1H3,(H,25,29). The Labute approximate surface area is 187 Å². The van der Waals surface area contributed by atoms with E-state index in [0.717, 1.165) is 37.3 Å². The molecule has 2 aliphatic heterocycles. The van der Waals surface area contributed by atoms with Crippen molar-refractivity contribution in [2.45, 2.75) is 25.8 Å². The molecule has 0 bridgehead atoms. The summed E-state index contributed by atoms with van der Waals surface area (Å²) in [7, 11) is 5.69. The van der Waals surface area contributed by atoms with E-state index in [1.807, 2.05) is 24.0 Å². The predicted octanol–water partition coefficient (Wildman–Crippen LogP) is 0.821. The Hall–Kier alpha value is -2.65. The van der Waals surface area contributed by atoms with Gasteiger partial charge in [-0.15, -0.1) is 11.3 Å². The first-order valence-corrected chi connectivity index (χ1v) is 11.3. The molecule has 0 spiro atoms. The molecule has 1 aromatic carbocycles. The largest absolute Gasteiger partial charge is 0.346 e. The van der Waals surface area contributed by atoms with Gasteiger partial charge in [-0.05, 0) is 54.5 Å². The summed E-state index contributed by atoms with van der Waals surface area (Å²) in [6.45, 7) is 5.47. The lowest BCUT2D eigenvalue weighted by atomic mass is 10.1. The third-order valence-electron chi connectivity index (χ3n) is 5.69. The van der Waals surface area contributed by atoms with Crippen molar-refractivity contribution in [3.8, 4) is 0 Å². The van der Waals surface area contributed by atoms with Gasteiger partial charge in [-0.1, -0.05) is 6.07 Å². The highest BCUT2D eigenvalue weighted by Crippen LogP contribution is 2.25. The van der Waals surface area contributed by atoms with Crippen molar-refractivity contribution in [2.75, 3.05) is 37.6 Å². The molecule has 2 N–H and O–H groups in total. The Bertz CT molecular complexity index is 1000. The molecular weight excluding hydrogens is 411 g/mol. The van der Waals surface area contributed by atoms with Crippen LogP contribution in [0, 0.1) is 6.92 Å². The smallest absolute Gasteiger partial charge is 0.261 e. The summed E-state index contributed by atoms with van der Waals surface area (Å²) in [4.78, 5) is 42.0. The van der Waals surface area contributed by atoms with Crippen LogP contribution in [0.5, 0.6) is 0 Å². The summed E-state index contributed by atoms with van der Waals surface area (Å²) in [5, 5.41) is 6.22. The van der Waals surface area contributed by atoms with E-state index in [1.165, 1.54) is 11.3 Å².